The summed E-state index contributed by atoms with van der Waals surface area (Å²) in [7, 11) is 1.60. The molecule has 1 aromatic heterocycles. The van der Waals surface area contributed by atoms with Gasteiger partial charge in [-0.3, -0.25) is 5.10 Å². The number of methoxy groups -OCH3 is 1. The lowest BCUT2D eigenvalue weighted by Gasteiger charge is -2.19. The van der Waals surface area contributed by atoms with Crippen LogP contribution in [0.5, 0.6) is 5.75 Å². The van der Waals surface area contributed by atoms with Gasteiger partial charge in [0.2, 0.25) is 5.95 Å². The molecular weight excluding hydrogens is 467 g/mol. The lowest BCUT2D eigenvalue weighted by atomic mass is 9.86. The first-order chi connectivity index (χ1) is 16.9. The van der Waals surface area contributed by atoms with Gasteiger partial charge in [0.1, 0.15) is 5.75 Å². The number of fused-ring (bicyclic) bond motifs is 1. The van der Waals surface area contributed by atoms with Crippen molar-refractivity contribution >= 4 is 45.7 Å². The highest BCUT2D eigenvalue weighted by Gasteiger charge is 2.32. The Bertz CT molecular complexity index is 1480. The van der Waals surface area contributed by atoms with Crippen LogP contribution in [0.25, 0.3) is 28.1 Å². The molecule has 1 aliphatic carbocycles. The predicted molar refractivity (Wildman–Crippen MR) is 136 cm³/mol. The fourth-order valence-electron chi connectivity index (χ4n) is 4.31. The topological polar surface area (TPSA) is 75.2 Å². The third kappa shape index (κ3) is 4.70. The van der Waals surface area contributed by atoms with Gasteiger partial charge in [0, 0.05) is 6.08 Å². The van der Waals surface area contributed by atoms with Crippen LogP contribution in [0.4, 0.5) is 4.39 Å². The molecule has 0 radical (unpaired) electrons. The molecule has 5 rings (SSSR count). The molecule has 35 heavy (non-hydrogen) atoms. The number of aromatic nitrogens is 2. The van der Waals surface area contributed by atoms with Crippen molar-refractivity contribution in [3.8, 4) is 5.75 Å². The molecule has 0 spiro atoms. The summed E-state index contributed by atoms with van der Waals surface area (Å²) < 4.78 is 19.8. The molecule has 1 aliphatic rings. The Morgan fingerprint density at radius 2 is 1.86 bits per heavy atom. The number of carbonyl (C=O) groups is 1. The molecule has 5 nitrogen and oxygen atoms in total. The molecule has 0 bridgehead atoms. The van der Waals surface area contributed by atoms with Gasteiger partial charge in [-0.25, -0.2) is 4.79 Å². The monoisotopic (exact) mass is 488 g/mol. The van der Waals surface area contributed by atoms with Gasteiger partial charge < -0.3 is 9.84 Å². The Labute approximate surface area is 206 Å². The zero-order valence-electron chi connectivity index (χ0n) is 18.9. The van der Waals surface area contributed by atoms with Gasteiger partial charge in [-0.15, -0.1) is 0 Å². The van der Waals surface area contributed by atoms with E-state index in [1.807, 2.05) is 48.5 Å². The maximum Gasteiger partial charge on any atom is 0.328 e. The van der Waals surface area contributed by atoms with E-state index in [-0.39, 0.29) is 0 Å². The molecule has 4 aromatic rings. The number of benzene rings is 3. The van der Waals surface area contributed by atoms with E-state index in [0.29, 0.717) is 27.6 Å². The summed E-state index contributed by atoms with van der Waals surface area (Å²) in [5.74, 6) is -0.500. The summed E-state index contributed by atoms with van der Waals surface area (Å²) in [5, 5.41) is 16.4. The number of halogens is 2. The van der Waals surface area contributed by atoms with Gasteiger partial charge in [0.25, 0.3) is 0 Å². The predicted octanol–water partition coefficient (Wildman–Crippen LogP) is 6.83. The van der Waals surface area contributed by atoms with Crippen LogP contribution in [-0.4, -0.2) is 28.4 Å². The standard InChI is InChI=1S/C28H22ClFN2O3/c1-35-20-10-11-21(23(29)15-20)27(18-7-8-18)26(17-5-2-16(3-6-17)4-13-25(33)34)19-9-12-24-22(14-19)28(30)32-31-24/h2-6,9-15,18H,7-8H2,1H3,(H,31,32)(H,33,34). The SMILES string of the molecule is COc1ccc(C(=C(c2ccc(C=CC(=O)O)cc2)c2ccc3n[nH]c(F)c3c2)C2CC2)c(Cl)c1. The van der Waals surface area contributed by atoms with Crippen LogP contribution in [0.15, 0.2) is 66.7 Å². The van der Waals surface area contributed by atoms with Gasteiger partial charge in [-0.1, -0.05) is 41.9 Å². The normalized spacial score (nSPS) is 14.4. The number of aromatic amines is 1. The second-order valence-corrected chi connectivity index (χ2v) is 8.88. The smallest absolute Gasteiger partial charge is 0.328 e. The maximum atomic E-state index is 14.4. The minimum atomic E-state index is -1.00. The van der Waals surface area contributed by atoms with Gasteiger partial charge in [0.15, 0.2) is 0 Å². The molecule has 0 amide bonds. The van der Waals surface area contributed by atoms with E-state index in [2.05, 4.69) is 10.2 Å². The molecule has 2 N–H and O–H groups in total. The van der Waals surface area contributed by atoms with Crippen molar-refractivity contribution < 1.29 is 19.0 Å². The van der Waals surface area contributed by atoms with Crippen LogP contribution in [0.1, 0.15) is 35.1 Å². The fraction of sp³-hybridized carbons (Fsp3) is 0.143. The van der Waals surface area contributed by atoms with E-state index < -0.39 is 11.9 Å². The van der Waals surface area contributed by atoms with Crippen molar-refractivity contribution in [2.75, 3.05) is 7.11 Å². The van der Waals surface area contributed by atoms with Crippen LogP contribution in [0, 0.1) is 11.9 Å². The van der Waals surface area contributed by atoms with Crippen molar-refractivity contribution in [1.29, 1.82) is 0 Å². The number of hydrogen-bond donors (Lipinski definition) is 2. The van der Waals surface area contributed by atoms with E-state index in [1.54, 1.807) is 25.3 Å². The second kappa shape index (κ2) is 9.39. The zero-order valence-corrected chi connectivity index (χ0v) is 19.6. The van der Waals surface area contributed by atoms with Crippen molar-refractivity contribution in [1.82, 2.24) is 10.2 Å². The fourth-order valence-corrected chi connectivity index (χ4v) is 4.58. The molecule has 7 heteroatoms. The van der Waals surface area contributed by atoms with Gasteiger partial charge >= 0.3 is 5.97 Å². The number of aliphatic carboxylic acids is 1. The summed E-state index contributed by atoms with van der Waals surface area (Å²) in [6, 6.07) is 18.8. The van der Waals surface area contributed by atoms with Crippen molar-refractivity contribution in [3.63, 3.8) is 0 Å². The van der Waals surface area contributed by atoms with Crippen LogP contribution in [0.2, 0.25) is 5.02 Å². The first kappa shape index (κ1) is 22.9. The third-order valence-electron chi connectivity index (χ3n) is 6.14. The number of hydrogen-bond acceptors (Lipinski definition) is 3. The highest BCUT2D eigenvalue weighted by atomic mass is 35.5. The summed E-state index contributed by atoms with van der Waals surface area (Å²) >= 11 is 6.74. The molecule has 1 heterocycles. The summed E-state index contributed by atoms with van der Waals surface area (Å²) in [6.45, 7) is 0. The molecule has 1 saturated carbocycles. The number of carboxylic acids is 1. The summed E-state index contributed by atoms with van der Waals surface area (Å²) in [5.41, 5.74) is 6.05. The highest BCUT2D eigenvalue weighted by Crippen LogP contribution is 2.49. The Kier molecular flexibility index (Phi) is 6.14. The van der Waals surface area contributed by atoms with Crippen molar-refractivity contribution in [2.45, 2.75) is 12.8 Å². The lowest BCUT2D eigenvalue weighted by Crippen LogP contribution is -1.99. The van der Waals surface area contributed by atoms with Crippen LogP contribution >= 0.6 is 11.6 Å². The van der Waals surface area contributed by atoms with E-state index >= 15 is 0 Å². The minimum Gasteiger partial charge on any atom is -0.497 e. The van der Waals surface area contributed by atoms with Crippen molar-refractivity contribution in [3.05, 3.63) is 100.0 Å². The number of rotatable bonds is 7. The van der Waals surface area contributed by atoms with Gasteiger partial charge in [0.05, 0.1) is 23.0 Å². The lowest BCUT2D eigenvalue weighted by molar-refractivity contribution is -0.131. The van der Waals surface area contributed by atoms with Crippen LogP contribution in [-0.2, 0) is 4.79 Å². The molecule has 0 atom stereocenters. The molecule has 0 aliphatic heterocycles. The molecule has 3 aromatic carbocycles. The number of nitrogens with zero attached hydrogens (tertiary/aromatic N) is 1. The van der Waals surface area contributed by atoms with Gasteiger partial charge in [-0.2, -0.15) is 9.49 Å². The minimum absolute atomic E-state index is 0.312. The molecular formula is C28H22ClFN2O3. The van der Waals surface area contributed by atoms with E-state index in [1.165, 1.54) is 0 Å². The van der Waals surface area contributed by atoms with Crippen LogP contribution in [0.3, 0.4) is 0 Å². The average molecular weight is 489 g/mol. The first-order valence-electron chi connectivity index (χ1n) is 11.2. The number of ether oxygens (including phenoxy) is 1. The number of allylic oxidation sites excluding steroid dienone is 1. The zero-order chi connectivity index (χ0) is 24.5. The molecule has 176 valence electrons. The second-order valence-electron chi connectivity index (χ2n) is 8.47. The van der Waals surface area contributed by atoms with E-state index in [4.69, 9.17) is 21.4 Å². The van der Waals surface area contributed by atoms with Crippen molar-refractivity contribution in [2.24, 2.45) is 5.92 Å². The maximum absolute atomic E-state index is 14.4. The average Bonchev–Trinajstić information content (AvgIpc) is 3.64. The molecule has 0 unspecified atom stereocenters. The van der Waals surface area contributed by atoms with E-state index in [0.717, 1.165) is 52.3 Å². The Hall–Kier alpha value is -3.90. The number of carboxylic acid groups (broad SMARTS) is 1. The number of H-pyrrole nitrogens is 1. The highest BCUT2D eigenvalue weighted by molar-refractivity contribution is 6.33. The van der Waals surface area contributed by atoms with Gasteiger partial charge in [-0.05, 0) is 88.6 Å². The number of nitrogens with one attached hydrogen (secondary N) is 1. The summed E-state index contributed by atoms with van der Waals surface area (Å²) in [6.07, 6.45) is 4.71. The molecule has 0 saturated heterocycles. The van der Waals surface area contributed by atoms with E-state index in [9.17, 15) is 9.18 Å². The Balaban J connectivity index is 1.74. The summed E-state index contributed by atoms with van der Waals surface area (Å²) in [4.78, 5) is 10.9. The Morgan fingerprint density at radius 3 is 2.51 bits per heavy atom. The molecule has 1 fully saturated rings. The quantitative estimate of drug-likeness (QED) is 0.221. The third-order valence-corrected chi connectivity index (χ3v) is 6.45. The Morgan fingerprint density at radius 1 is 1.11 bits per heavy atom. The van der Waals surface area contributed by atoms with Crippen LogP contribution < -0.4 is 4.74 Å². The first-order valence-corrected chi connectivity index (χ1v) is 11.6. The largest absolute Gasteiger partial charge is 0.497 e.